The lowest BCUT2D eigenvalue weighted by molar-refractivity contribution is -0.150. The van der Waals surface area contributed by atoms with Crippen LogP contribution >= 0.6 is 0 Å². The molecule has 1 aromatic rings. The van der Waals surface area contributed by atoms with E-state index in [4.69, 9.17) is 4.74 Å². The molecule has 0 unspecified atom stereocenters. The second-order valence-corrected chi connectivity index (χ2v) is 5.87. The van der Waals surface area contributed by atoms with Gasteiger partial charge in [0, 0.05) is 0 Å². The van der Waals surface area contributed by atoms with Gasteiger partial charge in [0.15, 0.2) is 0 Å². The zero-order valence-corrected chi connectivity index (χ0v) is 11.2. The Morgan fingerprint density at radius 1 is 1.16 bits per heavy atom. The minimum atomic E-state index is -0.703. The smallest absolute Gasteiger partial charge is 0.313 e. The molecule has 0 aromatic heterocycles. The molecule has 1 saturated carbocycles. The monoisotopic (exact) mass is 260 g/mol. The Morgan fingerprint density at radius 2 is 1.89 bits per heavy atom. The molecule has 1 N–H and O–H groups in total. The van der Waals surface area contributed by atoms with Crippen molar-refractivity contribution in [3.63, 3.8) is 0 Å². The lowest BCUT2D eigenvalue weighted by atomic mass is 9.87. The zero-order valence-electron chi connectivity index (χ0n) is 11.2. The van der Waals surface area contributed by atoms with Gasteiger partial charge in [-0.05, 0) is 55.4 Å². The molecular weight excluding hydrogens is 240 g/mol. The van der Waals surface area contributed by atoms with E-state index >= 15 is 0 Å². The third-order valence-corrected chi connectivity index (χ3v) is 4.60. The zero-order chi connectivity index (χ0) is 13.3. The molecule has 2 aliphatic carbocycles. The predicted molar refractivity (Wildman–Crippen MR) is 72.5 cm³/mol. The van der Waals surface area contributed by atoms with Crippen LogP contribution in [-0.2, 0) is 17.6 Å². The summed E-state index contributed by atoms with van der Waals surface area (Å²) in [7, 11) is 0. The van der Waals surface area contributed by atoms with Gasteiger partial charge in [0.05, 0.1) is 0 Å². The van der Waals surface area contributed by atoms with Crippen molar-refractivity contribution in [2.75, 3.05) is 6.61 Å². The van der Waals surface area contributed by atoms with Crippen molar-refractivity contribution in [1.82, 2.24) is 0 Å². The number of hydrogen-bond acceptors (Lipinski definition) is 2. The number of aliphatic carboxylic acids is 1. The summed E-state index contributed by atoms with van der Waals surface area (Å²) in [5, 5.41) is 9.42. The van der Waals surface area contributed by atoms with E-state index in [1.54, 1.807) is 0 Å². The number of carboxylic acids is 1. The van der Waals surface area contributed by atoms with Gasteiger partial charge in [-0.2, -0.15) is 0 Å². The van der Waals surface area contributed by atoms with Crippen molar-refractivity contribution in [3.05, 3.63) is 29.3 Å². The van der Waals surface area contributed by atoms with Gasteiger partial charge < -0.3 is 9.84 Å². The number of ether oxygens (including phenoxy) is 1. The van der Waals surface area contributed by atoms with E-state index in [1.165, 1.54) is 17.5 Å². The van der Waals surface area contributed by atoms with Crippen molar-refractivity contribution in [3.8, 4) is 5.75 Å². The third kappa shape index (κ3) is 2.34. The minimum Gasteiger partial charge on any atom is -0.492 e. The molecule has 0 radical (unpaired) electrons. The van der Waals surface area contributed by atoms with Crippen molar-refractivity contribution < 1.29 is 14.6 Å². The summed E-state index contributed by atoms with van der Waals surface area (Å²) in [6.07, 6.45) is 6.99. The van der Waals surface area contributed by atoms with Crippen LogP contribution in [0.2, 0.25) is 0 Å². The molecule has 3 heteroatoms. The average molecular weight is 260 g/mol. The number of carbonyl (C=O) groups is 1. The largest absolute Gasteiger partial charge is 0.492 e. The van der Waals surface area contributed by atoms with Crippen LogP contribution in [0.5, 0.6) is 5.75 Å². The van der Waals surface area contributed by atoms with E-state index in [0.29, 0.717) is 6.61 Å². The summed E-state index contributed by atoms with van der Waals surface area (Å²) in [5.41, 5.74) is 2.13. The van der Waals surface area contributed by atoms with Crippen LogP contribution in [0.3, 0.4) is 0 Å². The van der Waals surface area contributed by atoms with E-state index in [9.17, 15) is 9.90 Å². The first-order chi connectivity index (χ1) is 9.20. The van der Waals surface area contributed by atoms with Crippen molar-refractivity contribution >= 4 is 5.97 Å². The fourth-order valence-corrected chi connectivity index (χ4v) is 3.33. The van der Waals surface area contributed by atoms with E-state index < -0.39 is 11.4 Å². The summed E-state index contributed by atoms with van der Waals surface area (Å²) >= 11 is 0. The lowest BCUT2D eigenvalue weighted by Gasteiger charge is -2.23. The normalized spacial score (nSPS) is 20.2. The van der Waals surface area contributed by atoms with Crippen molar-refractivity contribution in [2.24, 2.45) is 5.41 Å². The summed E-state index contributed by atoms with van der Waals surface area (Å²) in [4.78, 5) is 11.5. The minimum absolute atomic E-state index is 0.307. The predicted octanol–water partition coefficient (Wildman–Crippen LogP) is 3.20. The van der Waals surface area contributed by atoms with Crippen LogP contribution < -0.4 is 4.74 Å². The molecular formula is C16H20O3. The van der Waals surface area contributed by atoms with Crippen LogP contribution in [0.25, 0.3) is 0 Å². The van der Waals surface area contributed by atoms with E-state index in [0.717, 1.165) is 44.3 Å². The van der Waals surface area contributed by atoms with E-state index in [2.05, 4.69) is 12.1 Å². The van der Waals surface area contributed by atoms with Gasteiger partial charge in [-0.3, -0.25) is 4.79 Å². The van der Waals surface area contributed by atoms with Crippen molar-refractivity contribution in [2.45, 2.75) is 44.9 Å². The van der Waals surface area contributed by atoms with E-state index in [1.807, 2.05) is 6.07 Å². The standard InChI is InChI=1S/C16H20O3/c17-15(18)16(8-1-2-9-16)11-19-14-7-6-12-4-3-5-13(12)10-14/h6-7,10H,1-5,8-9,11H2,(H,17,18). The number of rotatable bonds is 4. The van der Waals surface area contributed by atoms with Gasteiger partial charge in [-0.25, -0.2) is 0 Å². The molecule has 102 valence electrons. The first kappa shape index (κ1) is 12.5. The molecule has 0 aliphatic heterocycles. The molecule has 2 aliphatic rings. The average Bonchev–Trinajstić information content (AvgIpc) is 3.05. The molecule has 1 fully saturated rings. The summed E-state index contributed by atoms with van der Waals surface area (Å²) in [6, 6.07) is 6.20. The molecule has 3 rings (SSSR count). The number of aryl methyl sites for hydroxylation is 2. The first-order valence-electron chi connectivity index (χ1n) is 7.18. The topological polar surface area (TPSA) is 46.5 Å². The number of fused-ring (bicyclic) bond motifs is 1. The Labute approximate surface area is 113 Å². The van der Waals surface area contributed by atoms with Gasteiger partial charge in [-0.15, -0.1) is 0 Å². The first-order valence-corrected chi connectivity index (χ1v) is 7.18. The molecule has 0 spiro atoms. The molecule has 0 saturated heterocycles. The SMILES string of the molecule is O=C(O)C1(COc2ccc3c(c2)CCC3)CCCC1. The number of benzene rings is 1. The molecule has 1 aromatic carbocycles. The summed E-state index contributed by atoms with van der Waals surface area (Å²) in [5.74, 6) is 0.124. The second-order valence-electron chi connectivity index (χ2n) is 5.87. The number of carboxylic acid groups (broad SMARTS) is 1. The maximum Gasteiger partial charge on any atom is 0.313 e. The Kier molecular flexibility index (Phi) is 3.21. The third-order valence-electron chi connectivity index (χ3n) is 4.60. The molecule has 0 heterocycles. The highest BCUT2D eigenvalue weighted by atomic mass is 16.5. The molecule has 0 atom stereocenters. The maximum absolute atomic E-state index is 11.5. The maximum atomic E-state index is 11.5. The van der Waals surface area contributed by atoms with Gasteiger partial charge in [0.1, 0.15) is 17.8 Å². The highest BCUT2D eigenvalue weighted by molar-refractivity contribution is 5.75. The van der Waals surface area contributed by atoms with Crippen LogP contribution in [0.1, 0.15) is 43.2 Å². The van der Waals surface area contributed by atoms with E-state index in [-0.39, 0.29) is 0 Å². The molecule has 3 nitrogen and oxygen atoms in total. The van der Waals surface area contributed by atoms with Crippen LogP contribution in [0.15, 0.2) is 18.2 Å². The Bertz CT molecular complexity index is 487. The molecule has 0 bridgehead atoms. The molecule has 0 amide bonds. The van der Waals surface area contributed by atoms with Crippen molar-refractivity contribution in [1.29, 1.82) is 0 Å². The highest BCUT2D eigenvalue weighted by Crippen LogP contribution is 2.39. The Balaban J connectivity index is 1.70. The lowest BCUT2D eigenvalue weighted by Crippen LogP contribution is -2.34. The molecule has 19 heavy (non-hydrogen) atoms. The number of hydrogen-bond donors (Lipinski definition) is 1. The summed E-state index contributed by atoms with van der Waals surface area (Å²) < 4.78 is 5.80. The fraction of sp³-hybridized carbons (Fsp3) is 0.562. The quantitative estimate of drug-likeness (QED) is 0.904. The second kappa shape index (κ2) is 4.87. The Hall–Kier alpha value is -1.51. The van der Waals surface area contributed by atoms with Gasteiger partial charge in [-0.1, -0.05) is 18.9 Å². The highest BCUT2D eigenvalue weighted by Gasteiger charge is 2.42. The van der Waals surface area contributed by atoms with Crippen LogP contribution in [0.4, 0.5) is 0 Å². The summed E-state index contributed by atoms with van der Waals surface area (Å²) in [6.45, 7) is 0.307. The fourth-order valence-electron chi connectivity index (χ4n) is 3.33. The van der Waals surface area contributed by atoms with Gasteiger partial charge in [0.25, 0.3) is 0 Å². The van der Waals surface area contributed by atoms with Gasteiger partial charge in [0.2, 0.25) is 0 Å². The van der Waals surface area contributed by atoms with Crippen LogP contribution in [0, 0.1) is 5.41 Å². The Morgan fingerprint density at radius 3 is 2.63 bits per heavy atom. The van der Waals surface area contributed by atoms with Crippen LogP contribution in [-0.4, -0.2) is 17.7 Å². The van der Waals surface area contributed by atoms with Gasteiger partial charge >= 0.3 is 5.97 Å².